The first-order chi connectivity index (χ1) is 16.0. The highest BCUT2D eigenvalue weighted by Gasteiger charge is 2.17. The Kier molecular flexibility index (Phi) is 7.11. The summed E-state index contributed by atoms with van der Waals surface area (Å²) in [4.78, 5) is 6.25. The lowest BCUT2D eigenvalue weighted by Crippen LogP contribution is -2.19. The molecule has 0 bridgehead atoms. The first kappa shape index (κ1) is 23.0. The lowest BCUT2D eigenvalue weighted by atomic mass is 10.1. The van der Waals surface area contributed by atoms with Gasteiger partial charge in [0.05, 0.1) is 12.8 Å². The Morgan fingerprint density at radius 3 is 2.52 bits per heavy atom. The van der Waals surface area contributed by atoms with E-state index in [1.54, 1.807) is 25.6 Å². The van der Waals surface area contributed by atoms with Gasteiger partial charge in [0.15, 0.2) is 4.77 Å². The van der Waals surface area contributed by atoms with E-state index in [1.165, 1.54) is 12.1 Å². The molecule has 0 amide bonds. The van der Waals surface area contributed by atoms with Gasteiger partial charge in [-0.1, -0.05) is 11.6 Å². The Hall–Kier alpha value is -3.16. The van der Waals surface area contributed by atoms with Crippen LogP contribution >= 0.6 is 23.8 Å². The average molecular weight is 483 g/mol. The van der Waals surface area contributed by atoms with Crippen LogP contribution in [0.25, 0.3) is 16.9 Å². The lowest BCUT2D eigenvalue weighted by molar-refractivity contribution is 0.415. The summed E-state index contributed by atoms with van der Waals surface area (Å²) in [6.07, 6.45) is 6.40. The number of pyridine rings is 1. The quantitative estimate of drug-likeness (QED) is 0.272. The maximum atomic E-state index is 14.2. The molecule has 170 valence electrons. The number of aryl methyl sites for hydroxylation is 1. The minimum atomic E-state index is -0.342. The molecule has 2 aromatic heterocycles. The Labute approximate surface area is 202 Å². The second-order valence-corrected chi connectivity index (χ2v) is 8.43. The van der Waals surface area contributed by atoms with Crippen LogP contribution in [0.4, 0.5) is 10.1 Å². The van der Waals surface area contributed by atoms with Crippen molar-refractivity contribution in [2.45, 2.75) is 13.0 Å². The topological polar surface area (TPSA) is 35.2 Å². The van der Waals surface area contributed by atoms with Crippen molar-refractivity contribution in [2.24, 2.45) is 0 Å². The molecule has 0 atom stereocenters. The van der Waals surface area contributed by atoms with Crippen LogP contribution in [-0.4, -0.2) is 34.8 Å². The third-order valence-electron chi connectivity index (χ3n) is 5.47. The highest BCUT2D eigenvalue weighted by Crippen LogP contribution is 2.33. The molecule has 0 saturated heterocycles. The number of benzene rings is 2. The van der Waals surface area contributed by atoms with Crippen LogP contribution in [0.1, 0.15) is 6.42 Å². The minimum Gasteiger partial charge on any atom is -0.496 e. The summed E-state index contributed by atoms with van der Waals surface area (Å²) in [5, 5.41) is 0.633. The van der Waals surface area contributed by atoms with E-state index in [0.29, 0.717) is 27.7 Å². The summed E-state index contributed by atoms with van der Waals surface area (Å²) >= 11 is 11.9. The fraction of sp³-hybridized carbons (Fsp3) is 0.200. The molecule has 0 fully saturated rings. The lowest BCUT2D eigenvalue weighted by Gasteiger charge is -2.18. The normalized spacial score (nSPS) is 10.9. The zero-order valence-electron chi connectivity index (χ0n) is 18.4. The molecule has 5 nitrogen and oxygen atoms in total. The third kappa shape index (κ3) is 5.10. The van der Waals surface area contributed by atoms with Gasteiger partial charge in [-0.2, -0.15) is 0 Å². The second-order valence-electron chi connectivity index (χ2n) is 7.63. The van der Waals surface area contributed by atoms with E-state index in [0.717, 1.165) is 30.0 Å². The average Bonchev–Trinajstić information content (AvgIpc) is 3.16. The molecule has 2 heterocycles. The molecule has 0 N–H and O–H groups in total. The van der Waals surface area contributed by atoms with Gasteiger partial charge in [-0.15, -0.1) is 0 Å². The summed E-state index contributed by atoms with van der Waals surface area (Å²) < 4.78 is 24.3. The Morgan fingerprint density at radius 1 is 1.09 bits per heavy atom. The molecule has 0 unspecified atom stereocenters. The van der Waals surface area contributed by atoms with Crippen molar-refractivity contribution in [1.82, 2.24) is 14.1 Å². The summed E-state index contributed by atoms with van der Waals surface area (Å²) in [7, 11) is 3.63. The van der Waals surface area contributed by atoms with Crippen LogP contribution in [-0.2, 0) is 6.54 Å². The van der Waals surface area contributed by atoms with Crippen molar-refractivity contribution in [1.29, 1.82) is 0 Å². The van der Waals surface area contributed by atoms with Gasteiger partial charge >= 0.3 is 0 Å². The fourth-order valence-corrected chi connectivity index (χ4v) is 4.24. The highest BCUT2D eigenvalue weighted by atomic mass is 35.5. The van der Waals surface area contributed by atoms with Gasteiger partial charge in [0, 0.05) is 60.7 Å². The first-order valence-corrected chi connectivity index (χ1v) is 11.3. The number of halogens is 2. The molecule has 0 aliphatic carbocycles. The van der Waals surface area contributed by atoms with Crippen molar-refractivity contribution < 1.29 is 9.13 Å². The highest BCUT2D eigenvalue weighted by molar-refractivity contribution is 7.71. The number of hydrogen-bond donors (Lipinski definition) is 0. The van der Waals surface area contributed by atoms with Crippen LogP contribution in [0, 0.1) is 10.6 Å². The molecule has 0 aliphatic rings. The molecule has 33 heavy (non-hydrogen) atoms. The molecule has 0 saturated carbocycles. The van der Waals surface area contributed by atoms with E-state index in [9.17, 15) is 4.39 Å². The van der Waals surface area contributed by atoms with Crippen molar-refractivity contribution >= 4 is 29.5 Å². The minimum absolute atomic E-state index is 0.342. The van der Waals surface area contributed by atoms with E-state index < -0.39 is 0 Å². The number of aromatic nitrogens is 3. The number of rotatable bonds is 8. The first-order valence-electron chi connectivity index (χ1n) is 10.5. The maximum absolute atomic E-state index is 14.2. The molecule has 0 spiro atoms. The van der Waals surface area contributed by atoms with Gasteiger partial charge in [-0.05, 0) is 73.2 Å². The number of methoxy groups -OCH3 is 1. The van der Waals surface area contributed by atoms with Crippen molar-refractivity contribution in [3.8, 4) is 22.7 Å². The van der Waals surface area contributed by atoms with Gasteiger partial charge in [-0.3, -0.25) is 9.55 Å². The molecule has 4 aromatic rings. The van der Waals surface area contributed by atoms with Gasteiger partial charge < -0.3 is 14.2 Å². The van der Waals surface area contributed by atoms with E-state index in [-0.39, 0.29) is 5.82 Å². The fourth-order valence-electron chi connectivity index (χ4n) is 3.77. The summed E-state index contributed by atoms with van der Waals surface area (Å²) in [5.41, 5.74) is 3.34. The molecular weight excluding hydrogens is 459 g/mol. The second kappa shape index (κ2) is 10.2. The van der Waals surface area contributed by atoms with Crippen molar-refractivity contribution in [3.05, 3.63) is 88.8 Å². The summed E-state index contributed by atoms with van der Waals surface area (Å²) in [5.74, 6) is 0.231. The Morgan fingerprint density at radius 2 is 1.82 bits per heavy atom. The van der Waals surface area contributed by atoms with E-state index in [2.05, 4.69) is 16.9 Å². The zero-order chi connectivity index (χ0) is 23.4. The van der Waals surface area contributed by atoms with Crippen molar-refractivity contribution in [2.75, 3.05) is 25.6 Å². The molecule has 0 radical (unpaired) electrons. The summed E-state index contributed by atoms with van der Waals surface area (Å²) in [6, 6.07) is 15.9. The van der Waals surface area contributed by atoms with Gasteiger partial charge in [0.25, 0.3) is 0 Å². The maximum Gasteiger partial charge on any atom is 0.184 e. The zero-order valence-corrected chi connectivity index (χ0v) is 20.0. The number of imidazole rings is 1. The standard InChI is InChI=1S/C25H24ClFN4OS/c1-29(20-10-12-28-13-11-20)14-3-15-30-17-23(22-16-19(27)6-9-24(22)32-2)31(25(30)33)21-7-4-18(26)5-8-21/h4-13,16-17H,3,14-15H2,1-2H3. The van der Waals surface area contributed by atoms with Crippen LogP contribution in [0.2, 0.25) is 5.02 Å². The largest absolute Gasteiger partial charge is 0.496 e. The smallest absolute Gasteiger partial charge is 0.184 e. The van der Waals surface area contributed by atoms with Gasteiger partial charge in [-0.25, -0.2) is 4.39 Å². The van der Waals surface area contributed by atoms with Crippen LogP contribution < -0.4 is 9.64 Å². The summed E-state index contributed by atoms with van der Waals surface area (Å²) in [6.45, 7) is 1.55. The Bertz CT molecular complexity index is 1290. The SMILES string of the molecule is COc1ccc(F)cc1-c1cn(CCCN(C)c2ccncc2)c(=S)n1-c1ccc(Cl)cc1. The molecule has 2 aromatic carbocycles. The van der Waals surface area contributed by atoms with E-state index >= 15 is 0 Å². The van der Waals surface area contributed by atoms with E-state index in [4.69, 9.17) is 28.6 Å². The molecule has 8 heteroatoms. The van der Waals surface area contributed by atoms with Gasteiger partial charge in [0.2, 0.25) is 0 Å². The molecular formula is C25H24ClFN4OS. The third-order valence-corrected chi connectivity index (χ3v) is 6.14. The number of nitrogens with zero attached hydrogens (tertiary/aromatic N) is 4. The monoisotopic (exact) mass is 482 g/mol. The number of anilines is 1. The number of hydrogen-bond acceptors (Lipinski definition) is 4. The molecule has 4 rings (SSSR count). The van der Waals surface area contributed by atoms with E-state index in [1.807, 2.05) is 51.7 Å². The van der Waals surface area contributed by atoms with Crippen molar-refractivity contribution in [3.63, 3.8) is 0 Å². The molecule has 0 aliphatic heterocycles. The van der Waals surface area contributed by atoms with Gasteiger partial charge in [0.1, 0.15) is 11.6 Å². The van der Waals surface area contributed by atoms with Crippen LogP contribution in [0.15, 0.2) is 73.2 Å². The number of ether oxygens (including phenoxy) is 1. The predicted molar refractivity (Wildman–Crippen MR) is 134 cm³/mol. The van der Waals surface area contributed by atoms with Crippen LogP contribution in [0.5, 0.6) is 5.75 Å². The predicted octanol–water partition coefficient (Wildman–Crippen LogP) is 6.40. The van der Waals surface area contributed by atoms with Crippen LogP contribution in [0.3, 0.4) is 0 Å². The Balaban J connectivity index is 1.69.